The van der Waals surface area contributed by atoms with Crippen LogP contribution in [0.3, 0.4) is 0 Å². The first kappa shape index (κ1) is 17.5. The van der Waals surface area contributed by atoms with Crippen molar-refractivity contribution in [3.63, 3.8) is 0 Å². The standard InChI is InChI=1S/C18H28O3/c1-4-7-10-15-14(9-6-3)12-13-17(21-18(19)20)16(15)11-8-5-2/h12-13H,4-11H2,1-3H3,(H,19,20). The molecule has 0 saturated carbocycles. The van der Waals surface area contributed by atoms with Gasteiger partial charge in [-0.05, 0) is 54.9 Å². The quantitative estimate of drug-likeness (QED) is 0.491. The summed E-state index contributed by atoms with van der Waals surface area (Å²) in [5, 5.41) is 8.93. The maximum Gasteiger partial charge on any atom is 0.511 e. The zero-order chi connectivity index (χ0) is 15.7. The number of unbranched alkanes of at least 4 members (excludes halogenated alkanes) is 2. The van der Waals surface area contributed by atoms with E-state index in [1.165, 1.54) is 11.1 Å². The number of hydrogen-bond acceptors (Lipinski definition) is 2. The first-order chi connectivity index (χ1) is 10.1. The van der Waals surface area contributed by atoms with Crippen LogP contribution in [-0.2, 0) is 19.3 Å². The number of benzene rings is 1. The smallest absolute Gasteiger partial charge is 0.449 e. The lowest BCUT2D eigenvalue weighted by Gasteiger charge is -2.18. The molecule has 1 rings (SSSR count). The molecule has 0 aromatic heterocycles. The van der Waals surface area contributed by atoms with E-state index >= 15 is 0 Å². The van der Waals surface area contributed by atoms with Crippen LogP contribution >= 0.6 is 0 Å². The average Bonchev–Trinajstić information content (AvgIpc) is 2.45. The van der Waals surface area contributed by atoms with Gasteiger partial charge in [0, 0.05) is 0 Å². The van der Waals surface area contributed by atoms with Gasteiger partial charge in [0.1, 0.15) is 5.75 Å². The summed E-state index contributed by atoms with van der Waals surface area (Å²) in [6.07, 6.45) is 7.27. The monoisotopic (exact) mass is 292 g/mol. The number of hydrogen-bond donors (Lipinski definition) is 1. The third kappa shape index (κ3) is 5.41. The van der Waals surface area contributed by atoms with Gasteiger partial charge in [0.05, 0.1) is 0 Å². The lowest BCUT2D eigenvalue weighted by atomic mass is 9.90. The second kappa shape index (κ2) is 9.43. The Morgan fingerprint density at radius 2 is 1.57 bits per heavy atom. The fraction of sp³-hybridized carbons (Fsp3) is 0.611. The largest absolute Gasteiger partial charge is 0.511 e. The first-order valence-corrected chi connectivity index (χ1v) is 8.18. The van der Waals surface area contributed by atoms with Gasteiger partial charge < -0.3 is 9.84 Å². The fourth-order valence-corrected chi connectivity index (χ4v) is 2.71. The maximum atomic E-state index is 10.9. The molecule has 1 aromatic carbocycles. The second-order valence-corrected chi connectivity index (χ2v) is 5.51. The summed E-state index contributed by atoms with van der Waals surface area (Å²) >= 11 is 0. The number of carboxylic acid groups (broad SMARTS) is 1. The predicted molar refractivity (Wildman–Crippen MR) is 86.3 cm³/mol. The molecule has 0 aliphatic rings. The van der Waals surface area contributed by atoms with Crippen molar-refractivity contribution in [2.75, 3.05) is 0 Å². The van der Waals surface area contributed by atoms with Gasteiger partial charge in [-0.2, -0.15) is 0 Å². The highest BCUT2D eigenvalue weighted by Crippen LogP contribution is 2.30. The molecule has 0 radical (unpaired) electrons. The van der Waals surface area contributed by atoms with Crippen LogP contribution in [0.5, 0.6) is 5.75 Å². The molecular weight excluding hydrogens is 264 g/mol. The minimum Gasteiger partial charge on any atom is -0.449 e. The summed E-state index contributed by atoms with van der Waals surface area (Å²) in [4.78, 5) is 10.9. The van der Waals surface area contributed by atoms with E-state index in [-0.39, 0.29) is 0 Å². The van der Waals surface area contributed by atoms with Crippen LogP contribution in [0.15, 0.2) is 12.1 Å². The van der Waals surface area contributed by atoms with Crippen LogP contribution in [0.2, 0.25) is 0 Å². The molecule has 0 amide bonds. The third-order valence-corrected chi connectivity index (χ3v) is 3.76. The summed E-state index contributed by atoms with van der Waals surface area (Å²) in [6.45, 7) is 6.51. The molecule has 21 heavy (non-hydrogen) atoms. The summed E-state index contributed by atoms with van der Waals surface area (Å²) in [7, 11) is 0. The molecule has 0 bridgehead atoms. The Kier molecular flexibility index (Phi) is 7.88. The second-order valence-electron chi connectivity index (χ2n) is 5.51. The van der Waals surface area contributed by atoms with Gasteiger partial charge in [0.15, 0.2) is 0 Å². The molecule has 0 spiro atoms. The predicted octanol–water partition coefficient (Wildman–Crippen LogP) is 5.38. The van der Waals surface area contributed by atoms with Crippen molar-refractivity contribution in [3.05, 3.63) is 28.8 Å². The van der Waals surface area contributed by atoms with Gasteiger partial charge in [-0.15, -0.1) is 0 Å². The molecule has 1 aromatic rings. The van der Waals surface area contributed by atoms with Crippen molar-refractivity contribution in [2.45, 2.75) is 72.1 Å². The van der Waals surface area contributed by atoms with Crippen LogP contribution in [0, 0.1) is 0 Å². The Morgan fingerprint density at radius 1 is 0.952 bits per heavy atom. The molecule has 0 saturated heterocycles. The lowest BCUT2D eigenvalue weighted by Crippen LogP contribution is -2.09. The van der Waals surface area contributed by atoms with Crippen molar-refractivity contribution < 1.29 is 14.6 Å². The van der Waals surface area contributed by atoms with E-state index in [1.807, 2.05) is 12.1 Å². The topological polar surface area (TPSA) is 46.5 Å². The molecule has 0 unspecified atom stereocenters. The molecule has 118 valence electrons. The molecule has 0 aliphatic heterocycles. The lowest BCUT2D eigenvalue weighted by molar-refractivity contribution is 0.144. The van der Waals surface area contributed by atoms with E-state index in [2.05, 4.69) is 20.8 Å². The summed E-state index contributed by atoms with van der Waals surface area (Å²) in [6, 6.07) is 3.88. The Morgan fingerprint density at radius 3 is 2.10 bits per heavy atom. The van der Waals surface area contributed by atoms with E-state index in [0.717, 1.165) is 56.9 Å². The van der Waals surface area contributed by atoms with E-state index in [0.29, 0.717) is 5.75 Å². The molecule has 1 N–H and O–H groups in total. The van der Waals surface area contributed by atoms with Gasteiger partial charge >= 0.3 is 6.16 Å². The van der Waals surface area contributed by atoms with Crippen molar-refractivity contribution in [1.29, 1.82) is 0 Å². The van der Waals surface area contributed by atoms with Crippen LogP contribution in [-0.4, -0.2) is 11.3 Å². The van der Waals surface area contributed by atoms with E-state index in [9.17, 15) is 4.79 Å². The summed E-state index contributed by atoms with van der Waals surface area (Å²) in [5.41, 5.74) is 3.79. The van der Waals surface area contributed by atoms with Crippen molar-refractivity contribution >= 4 is 6.16 Å². The van der Waals surface area contributed by atoms with Crippen LogP contribution < -0.4 is 4.74 Å². The first-order valence-electron chi connectivity index (χ1n) is 8.18. The van der Waals surface area contributed by atoms with Crippen molar-refractivity contribution in [1.82, 2.24) is 0 Å². The normalized spacial score (nSPS) is 10.6. The highest BCUT2D eigenvalue weighted by atomic mass is 16.7. The van der Waals surface area contributed by atoms with Crippen LogP contribution in [0.4, 0.5) is 4.79 Å². The van der Waals surface area contributed by atoms with Gasteiger partial charge in [-0.1, -0.05) is 46.1 Å². The summed E-state index contributed by atoms with van der Waals surface area (Å²) < 4.78 is 5.01. The molecular formula is C18H28O3. The molecule has 3 heteroatoms. The minimum atomic E-state index is -1.22. The highest BCUT2D eigenvalue weighted by molar-refractivity contribution is 5.63. The van der Waals surface area contributed by atoms with Crippen LogP contribution in [0.1, 0.15) is 69.6 Å². The average molecular weight is 292 g/mol. The van der Waals surface area contributed by atoms with E-state index < -0.39 is 6.16 Å². The zero-order valence-corrected chi connectivity index (χ0v) is 13.6. The number of aryl methyl sites for hydroxylation is 1. The SMILES string of the molecule is CCCCc1c(CCC)ccc(OC(=O)O)c1CCCC. The van der Waals surface area contributed by atoms with Gasteiger partial charge in [-0.3, -0.25) is 0 Å². The number of ether oxygens (including phenoxy) is 1. The number of rotatable bonds is 9. The molecule has 0 heterocycles. The zero-order valence-electron chi connectivity index (χ0n) is 13.6. The van der Waals surface area contributed by atoms with Gasteiger partial charge in [0.25, 0.3) is 0 Å². The fourth-order valence-electron chi connectivity index (χ4n) is 2.71. The minimum absolute atomic E-state index is 0.530. The van der Waals surface area contributed by atoms with Crippen LogP contribution in [0.25, 0.3) is 0 Å². The van der Waals surface area contributed by atoms with Gasteiger partial charge in [0.2, 0.25) is 0 Å². The Balaban J connectivity index is 3.21. The third-order valence-electron chi connectivity index (χ3n) is 3.76. The van der Waals surface area contributed by atoms with Gasteiger partial charge in [-0.25, -0.2) is 4.79 Å². The maximum absolute atomic E-state index is 10.9. The highest BCUT2D eigenvalue weighted by Gasteiger charge is 2.15. The molecule has 0 atom stereocenters. The molecule has 3 nitrogen and oxygen atoms in total. The number of carbonyl (C=O) groups is 1. The molecule has 0 fully saturated rings. The van der Waals surface area contributed by atoms with E-state index in [1.54, 1.807) is 0 Å². The Labute approximate surface area is 128 Å². The van der Waals surface area contributed by atoms with E-state index in [4.69, 9.17) is 9.84 Å². The van der Waals surface area contributed by atoms with Crippen molar-refractivity contribution in [2.24, 2.45) is 0 Å². The Hall–Kier alpha value is -1.51. The Bertz CT molecular complexity index is 452. The summed E-state index contributed by atoms with van der Waals surface area (Å²) in [5.74, 6) is 0.530. The van der Waals surface area contributed by atoms with Crippen molar-refractivity contribution in [3.8, 4) is 5.75 Å². The molecule has 0 aliphatic carbocycles.